The fraction of sp³-hybridized carbons (Fsp3) is 1.00. The molecule has 0 atom stereocenters. The Balaban J connectivity index is 0.00000220. The molecule has 0 saturated carbocycles. The molecule has 0 unspecified atom stereocenters. The first-order chi connectivity index (χ1) is 9.95. The van der Waals surface area contributed by atoms with Gasteiger partial charge in [-0.3, -0.25) is 9.80 Å². The van der Waals surface area contributed by atoms with Gasteiger partial charge >= 0.3 is 16.5 Å². The molecule has 3 fully saturated rings. The van der Waals surface area contributed by atoms with Crippen LogP contribution in [0.25, 0.3) is 0 Å². The average Bonchev–Trinajstić information content (AvgIpc) is 2.47. The standard InChI is InChI=1S/C12H30N8.Ni/c1-2-14-8-20-11-17-5-3-15-9-19(7-13-1)10-16-4-6-18-12-20;/h13-18H,1-12H2;/q;+2. The van der Waals surface area contributed by atoms with Crippen molar-refractivity contribution in [3.63, 3.8) is 0 Å². The van der Waals surface area contributed by atoms with Gasteiger partial charge in [0.15, 0.2) is 0 Å². The summed E-state index contributed by atoms with van der Waals surface area (Å²) >= 11 is 0. The van der Waals surface area contributed by atoms with Crippen LogP contribution in [0, 0.1) is 0 Å². The zero-order chi connectivity index (χ0) is 13.9. The largest absolute Gasteiger partial charge is 2.00 e. The number of hydrogen-bond acceptors (Lipinski definition) is 8. The summed E-state index contributed by atoms with van der Waals surface area (Å²) in [7, 11) is 0. The maximum Gasteiger partial charge on any atom is 2.00 e. The molecule has 0 aromatic heterocycles. The van der Waals surface area contributed by atoms with Crippen LogP contribution in [-0.4, -0.2) is 89.1 Å². The first kappa shape index (κ1) is 19.2. The third-order valence-corrected chi connectivity index (χ3v) is 3.45. The fourth-order valence-electron chi connectivity index (χ4n) is 2.29. The molecule has 3 aliphatic rings. The third kappa shape index (κ3) is 9.02. The van der Waals surface area contributed by atoms with Gasteiger partial charge < -0.3 is 31.9 Å². The monoisotopic (exact) mass is 344 g/mol. The molecule has 0 radical (unpaired) electrons. The number of nitrogens with zero attached hydrogens (tertiary/aromatic N) is 2. The van der Waals surface area contributed by atoms with Gasteiger partial charge in [-0.25, -0.2) is 0 Å². The van der Waals surface area contributed by atoms with E-state index >= 15 is 0 Å². The van der Waals surface area contributed by atoms with Gasteiger partial charge in [-0.1, -0.05) is 0 Å². The molecule has 0 aromatic rings. The van der Waals surface area contributed by atoms with Gasteiger partial charge in [-0.2, -0.15) is 0 Å². The van der Waals surface area contributed by atoms with Gasteiger partial charge in [0.2, 0.25) is 0 Å². The smallest absolute Gasteiger partial charge is 0.303 e. The Morgan fingerprint density at radius 2 is 0.571 bits per heavy atom. The van der Waals surface area contributed by atoms with Crippen LogP contribution in [0.15, 0.2) is 0 Å². The van der Waals surface area contributed by atoms with E-state index < -0.39 is 0 Å². The molecule has 6 N–H and O–H groups in total. The van der Waals surface area contributed by atoms with Crippen LogP contribution in [0.2, 0.25) is 0 Å². The van der Waals surface area contributed by atoms with E-state index in [-0.39, 0.29) is 16.5 Å². The topological polar surface area (TPSA) is 78.7 Å². The summed E-state index contributed by atoms with van der Waals surface area (Å²) in [5.74, 6) is 0. The van der Waals surface area contributed by atoms with Crippen LogP contribution < -0.4 is 31.9 Å². The second-order valence-electron chi connectivity index (χ2n) is 5.29. The van der Waals surface area contributed by atoms with Crippen molar-refractivity contribution >= 4 is 0 Å². The Hall–Kier alpha value is 0.174. The van der Waals surface area contributed by atoms with E-state index in [4.69, 9.17) is 0 Å². The van der Waals surface area contributed by atoms with E-state index in [1.165, 1.54) is 0 Å². The molecule has 0 aliphatic carbocycles. The summed E-state index contributed by atoms with van der Waals surface area (Å²) in [6.07, 6.45) is 0. The van der Waals surface area contributed by atoms with Crippen molar-refractivity contribution in [3.05, 3.63) is 0 Å². The Bertz CT molecular complexity index is 183. The minimum absolute atomic E-state index is 0. The zero-order valence-electron chi connectivity index (χ0n) is 12.7. The molecular formula is C12H30N8Ni+2. The van der Waals surface area contributed by atoms with Crippen molar-refractivity contribution in [1.29, 1.82) is 0 Å². The van der Waals surface area contributed by atoms with Crippen molar-refractivity contribution < 1.29 is 16.5 Å². The number of fused-ring (bicyclic) bond motifs is 15. The van der Waals surface area contributed by atoms with Gasteiger partial charge in [-0.05, 0) is 0 Å². The van der Waals surface area contributed by atoms with Gasteiger partial charge in [0.1, 0.15) is 0 Å². The Kier molecular flexibility index (Phi) is 11.6. The molecule has 2 bridgehead atoms. The zero-order valence-corrected chi connectivity index (χ0v) is 13.7. The van der Waals surface area contributed by atoms with Crippen molar-refractivity contribution in [2.24, 2.45) is 0 Å². The summed E-state index contributed by atoms with van der Waals surface area (Å²) in [4.78, 5) is 4.70. The molecule has 0 amide bonds. The third-order valence-electron chi connectivity index (χ3n) is 3.45. The quantitative estimate of drug-likeness (QED) is 0.258. The van der Waals surface area contributed by atoms with Gasteiger partial charge in [0, 0.05) is 39.3 Å². The van der Waals surface area contributed by atoms with Crippen LogP contribution in [0.1, 0.15) is 0 Å². The molecule has 0 aromatic carbocycles. The van der Waals surface area contributed by atoms with E-state index in [1.807, 2.05) is 0 Å². The molecular weight excluding hydrogens is 315 g/mol. The Morgan fingerprint density at radius 1 is 0.381 bits per heavy atom. The first-order valence-electron chi connectivity index (χ1n) is 7.64. The molecule has 0 spiro atoms. The number of hydrogen-bond donors (Lipinski definition) is 6. The summed E-state index contributed by atoms with van der Waals surface area (Å²) in [5, 5.41) is 20.9. The predicted octanol–water partition coefficient (Wildman–Crippen LogP) is -3.10. The van der Waals surface area contributed by atoms with Crippen molar-refractivity contribution in [2.75, 3.05) is 79.3 Å². The summed E-state index contributed by atoms with van der Waals surface area (Å²) in [6, 6.07) is 0. The molecule has 9 heteroatoms. The maximum absolute atomic E-state index is 3.48. The van der Waals surface area contributed by atoms with Gasteiger partial charge in [-0.15, -0.1) is 0 Å². The normalized spacial score (nSPS) is 30.9. The number of nitrogens with one attached hydrogen (secondary N) is 6. The second kappa shape index (κ2) is 12.7. The average molecular weight is 345 g/mol. The van der Waals surface area contributed by atoms with Gasteiger partial charge in [0.05, 0.1) is 40.0 Å². The van der Waals surface area contributed by atoms with E-state index in [1.54, 1.807) is 0 Å². The van der Waals surface area contributed by atoms with E-state index in [0.717, 1.165) is 79.3 Å². The molecule has 3 heterocycles. The van der Waals surface area contributed by atoms with Crippen LogP contribution in [0.3, 0.4) is 0 Å². The van der Waals surface area contributed by atoms with Crippen LogP contribution in [-0.2, 0) is 16.5 Å². The molecule has 3 rings (SSSR count). The first-order valence-corrected chi connectivity index (χ1v) is 7.64. The summed E-state index contributed by atoms with van der Waals surface area (Å²) < 4.78 is 0. The van der Waals surface area contributed by atoms with Gasteiger partial charge in [0.25, 0.3) is 0 Å². The van der Waals surface area contributed by atoms with E-state index in [2.05, 4.69) is 41.7 Å². The van der Waals surface area contributed by atoms with Crippen molar-refractivity contribution in [2.45, 2.75) is 0 Å². The van der Waals surface area contributed by atoms with E-state index in [9.17, 15) is 0 Å². The molecule has 21 heavy (non-hydrogen) atoms. The minimum atomic E-state index is 0. The summed E-state index contributed by atoms with van der Waals surface area (Å²) in [5.41, 5.74) is 0. The second-order valence-corrected chi connectivity index (χ2v) is 5.29. The fourth-order valence-corrected chi connectivity index (χ4v) is 2.29. The van der Waals surface area contributed by atoms with Crippen molar-refractivity contribution in [1.82, 2.24) is 41.7 Å². The number of rotatable bonds is 0. The Labute approximate surface area is 138 Å². The van der Waals surface area contributed by atoms with Crippen LogP contribution in [0.4, 0.5) is 0 Å². The van der Waals surface area contributed by atoms with Crippen molar-refractivity contribution in [3.8, 4) is 0 Å². The Morgan fingerprint density at radius 3 is 0.762 bits per heavy atom. The predicted molar refractivity (Wildman–Crippen MR) is 80.9 cm³/mol. The summed E-state index contributed by atoms with van der Waals surface area (Å²) in [6.45, 7) is 11.4. The molecule has 8 nitrogen and oxygen atoms in total. The maximum atomic E-state index is 3.48. The SMILES string of the molecule is C1CNCN2CNCCNCN(CN1)CNCCNC2.[Ni+2]. The van der Waals surface area contributed by atoms with E-state index in [0.29, 0.717) is 0 Å². The minimum Gasteiger partial charge on any atom is -0.303 e. The molecule has 3 saturated heterocycles. The van der Waals surface area contributed by atoms with Crippen LogP contribution in [0.5, 0.6) is 0 Å². The van der Waals surface area contributed by atoms with Crippen LogP contribution >= 0.6 is 0 Å². The molecule has 126 valence electrons. The molecule has 3 aliphatic heterocycles.